The summed E-state index contributed by atoms with van der Waals surface area (Å²) < 4.78 is 26.4. The number of piperidine rings is 1. The second-order valence-electron chi connectivity index (χ2n) is 6.47. The Morgan fingerprint density at radius 2 is 1.81 bits per heavy atom. The molecule has 2 fully saturated rings. The molecule has 2 heterocycles. The molecule has 8 nitrogen and oxygen atoms in total. The lowest BCUT2D eigenvalue weighted by Crippen LogP contribution is -2.41. The van der Waals surface area contributed by atoms with Crippen LogP contribution in [0.25, 0.3) is 0 Å². The van der Waals surface area contributed by atoms with Gasteiger partial charge >= 0.3 is 5.97 Å². The molecule has 2 aliphatic heterocycles. The third-order valence-electron chi connectivity index (χ3n) is 4.84. The summed E-state index contributed by atoms with van der Waals surface area (Å²) in [5, 5.41) is 0. The number of benzene rings is 1. The highest BCUT2D eigenvalue weighted by molar-refractivity contribution is 5.95. The summed E-state index contributed by atoms with van der Waals surface area (Å²) in [5.74, 6) is 0.566. The number of amides is 1. The Kier molecular flexibility index (Phi) is 6.52. The Labute approximate surface area is 158 Å². The van der Waals surface area contributed by atoms with Crippen LogP contribution in [0, 0.1) is 5.92 Å². The van der Waals surface area contributed by atoms with E-state index in [1.165, 1.54) is 14.2 Å². The quantitative estimate of drug-likeness (QED) is 0.692. The van der Waals surface area contributed by atoms with Crippen LogP contribution in [0.4, 0.5) is 0 Å². The largest absolute Gasteiger partial charge is 0.493 e. The van der Waals surface area contributed by atoms with E-state index in [0.717, 1.165) is 12.8 Å². The van der Waals surface area contributed by atoms with Gasteiger partial charge in [-0.05, 0) is 31.0 Å². The number of esters is 1. The Hall–Kier alpha value is -2.32. The summed E-state index contributed by atoms with van der Waals surface area (Å²) in [7, 11) is 2.78. The van der Waals surface area contributed by atoms with Gasteiger partial charge in [0, 0.05) is 24.6 Å². The highest BCUT2D eigenvalue weighted by Crippen LogP contribution is 2.30. The van der Waals surface area contributed by atoms with E-state index in [1.54, 1.807) is 18.2 Å². The van der Waals surface area contributed by atoms with E-state index in [9.17, 15) is 9.59 Å². The predicted octanol–water partition coefficient (Wildman–Crippen LogP) is 1.47. The molecular weight excluding hydrogens is 354 g/mol. The minimum absolute atomic E-state index is 0.0560. The molecule has 0 atom stereocenters. The molecule has 27 heavy (non-hydrogen) atoms. The first-order valence-corrected chi connectivity index (χ1v) is 9.02. The Balaban J connectivity index is 1.60. The van der Waals surface area contributed by atoms with Crippen molar-refractivity contribution < 1.29 is 33.3 Å². The van der Waals surface area contributed by atoms with Crippen molar-refractivity contribution in [3.63, 3.8) is 0 Å². The molecule has 8 heteroatoms. The summed E-state index contributed by atoms with van der Waals surface area (Å²) in [6.45, 7) is 2.40. The zero-order valence-corrected chi connectivity index (χ0v) is 15.6. The van der Waals surface area contributed by atoms with E-state index in [0.29, 0.717) is 49.3 Å². The van der Waals surface area contributed by atoms with Crippen LogP contribution in [0.15, 0.2) is 18.2 Å². The normalized spacial score (nSPS) is 18.4. The van der Waals surface area contributed by atoms with E-state index in [2.05, 4.69) is 4.74 Å². The zero-order valence-electron chi connectivity index (χ0n) is 15.6. The van der Waals surface area contributed by atoms with E-state index >= 15 is 0 Å². The van der Waals surface area contributed by atoms with E-state index in [4.69, 9.17) is 18.9 Å². The average Bonchev–Trinajstić information content (AvgIpc) is 3.26. The minimum Gasteiger partial charge on any atom is -0.493 e. The fourth-order valence-corrected chi connectivity index (χ4v) is 3.32. The number of rotatable bonds is 6. The number of carbonyl (C=O) groups excluding carboxylic acids is 2. The predicted molar refractivity (Wildman–Crippen MR) is 94.8 cm³/mol. The van der Waals surface area contributed by atoms with Gasteiger partial charge in [0.2, 0.25) is 0 Å². The lowest BCUT2D eigenvalue weighted by Gasteiger charge is -2.34. The van der Waals surface area contributed by atoms with Gasteiger partial charge in [-0.15, -0.1) is 0 Å². The SMILES string of the molecule is COC(=O)COc1ccc(C(=O)N2CCC(C3OCCO3)CC2)cc1OC. The second kappa shape index (κ2) is 9.05. The van der Waals surface area contributed by atoms with Crippen LogP contribution in [0.2, 0.25) is 0 Å². The Bertz CT molecular complexity index is 664. The molecule has 0 unspecified atom stereocenters. The smallest absolute Gasteiger partial charge is 0.343 e. The van der Waals surface area contributed by atoms with Gasteiger partial charge in [0.15, 0.2) is 24.4 Å². The topological polar surface area (TPSA) is 83.5 Å². The van der Waals surface area contributed by atoms with Crippen LogP contribution in [0.3, 0.4) is 0 Å². The number of carbonyl (C=O) groups is 2. The number of methoxy groups -OCH3 is 2. The number of nitrogens with zero attached hydrogens (tertiary/aromatic N) is 1. The highest BCUT2D eigenvalue weighted by atomic mass is 16.7. The van der Waals surface area contributed by atoms with Gasteiger partial charge in [-0.25, -0.2) is 4.79 Å². The maximum Gasteiger partial charge on any atom is 0.343 e. The number of hydrogen-bond donors (Lipinski definition) is 0. The molecule has 0 radical (unpaired) electrons. The molecular formula is C19H25NO7. The van der Waals surface area contributed by atoms with Crippen molar-refractivity contribution in [2.75, 3.05) is 47.1 Å². The van der Waals surface area contributed by atoms with Gasteiger partial charge in [0.05, 0.1) is 27.4 Å². The van der Waals surface area contributed by atoms with Crippen molar-refractivity contribution in [3.05, 3.63) is 23.8 Å². The van der Waals surface area contributed by atoms with Crippen LogP contribution in [0.5, 0.6) is 11.5 Å². The van der Waals surface area contributed by atoms with Crippen molar-refractivity contribution in [1.29, 1.82) is 0 Å². The second-order valence-corrected chi connectivity index (χ2v) is 6.47. The molecule has 0 aliphatic carbocycles. The monoisotopic (exact) mass is 379 g/mol. The average molecular weight is 379 g/mol. The van der Waals surface area contributed by atoms with Crippen molar-refractivity contribution >= 4 is 11.9 Å². The third-order valence-corrected chi connectivity index (χ3v) is 4.84. The van der Waals surface area contributed by atoms with Gasteiger partial charge < -0.3 is 28.6 Å². The first-order chi connectivity index (χ1) is 13.1. The Morgan fingerprint density at radius 3 is 2.44 bits per heavy atom. The number of likely N-dealkylation sites (tertiary alicyclic amines) is 1. The molecule has 1 aromatic rings. The van der Waals surface area contributed by atoms with Crippen LogP contribution in [-0.2, 0) is 19.0 Å². The number of hydrogen-bond acceptors (Lipinski definition) is 7. The zero-order chi connectivity index (χ0) is 19.2. The fourth-order valence-electron chi connectivity index (χ4n) is 3.32. The lowest BCUT2D eigenvalue weighted by atomic mass is 9.95. The maximum atomic E-state index is 12.8. The molecule has 148 valence electrons. The van der Waals surface area contributed by atoms with E-state index < -0.39 is 5.97 Å². The Morgan fingerprint density at radius 1 is 1.11 bits per heavy atom. The molecule has 0 bridgehead atoms. The molecule has 0 N–H and O–H groups in total. The van der Waals surface area contributed by atoms with Crippen LogP contribution in [0.1, 0.15) is 23.2 Å². The van der Waals surface area contributed by atoms with Gasteiger partial charge in [-0.3, -0.25) is 4.79 Å². The van der Waals surface area contributed by atoms with Crippen LogP contribution >= 0.6 is 0 Å². The van der Waals surface area contributed by atoms with Crippen molar-refractivity contribution in [1.82, 2.24) is 4.90 Å². The van der Waals surface area contributed by atoms with Crippen LogP contribution in [-0.4, -0.2) is 70.2 Å². The molecule has 2 aliphatic rings. The van der Waals surface area contributed by atoms with Crippen molar-refractivity contribution in [2.45, 2.75) is 19.1 Å². The van der Waals surface area contributed by atoms with Crippen molar-refractivity contribution in [2.24, 2.45) is 5.92 Å². The van der Waals surface area contributed by atoms with E-state index in [-0.39, 0.29) is 18.8 Å². The molecule has 1 amide bonds. The third kappa shape index (κ3) is 4.70. The highest BCUT2D eigenvalue weighted by Gasteiger charge is 2.32. The summed E-state index contributed by atoms with van der Waals surface area (Å²) in [4.78, 5) is 25.9. The fraction of sp³-hybridized carbons (Fsp3) is 0.579. The maximum absolute atomic E-state index is 12.8. The first kappa shape index (κ1) is 19.4. The van der Waals surface area contributed by atoms with Gasteiger partial charge in [0.25, 0.3) is 5.91 Å². The molecule has 0 aromatic heterocycles. The standard InChI is InChI=1S/C19H25NO7/c1-23-16-11-14(3-4-15(16)27-12-17(21)24-2)18(22)20-7-5-13(6-8-20)19-25-9-10-26-19/h3-4,11,13,19H,5-10,12H2,1-2H3. The molecule has 0 saturated carbocycles. The summed E-state index contributed by atoms with van der Waals surface area (Å²) in [5.41, 5.74) is 0.518. The lowest BCUT2D eigenvalue weighted by molar-refractivity contribution is -0.142. The molecule has 3 rings (SSSR count). The van der Waals surface area contributed by atoms with Gasteiger partial charge in [0.1, 0.15) is 0 Å². The molecule has 1 aromatic carbocycles. The van der Waals surface area contributed by atoms with Gasteiger partial charge in [-0.2, -0.15) is 0 Å². The molecule has 0 spiro atoms. The summed E-state index contributed by atoms with van der Waals surface area (Å²) in [6, 6.07) is 4.93. The molecule has 2 saturated heterocycles. The van der Waals surface area contributed by atoms with E-state index in [1.807, 2.05) is 4.90 Å². The van der Waals surface area contributed by atoms with Crippen molar-refractivity contribution in [3.8, 4) is 11.5 Å². The summed E-state index contributed by atoms with van der Waals surface area (Å²) >= 11 is 0. The first-order valence-electron chi connectivity index (χ1n) is 9.02. The van der Waals surface area contributed by atoms with Crippen LogP contribution < -0.4 is 9.47 Å². The summed E-state index contributed by atoms with van der Waals surface area (Å²) in [6.07, 6.45) is 1.58. The van der Waals surface area contributed by atoms with Gasteiger partial charge in [-0.1, -0.05) is 0 Å². The number of ether oxygens (including phenoxy) is 5. The minimum atomic E-state index is -0.490.